The highest BCUT2D eigenvalue weighted by atomic mass is 19.1. The molecule has 1 aromatic heterocycles. The minimum absolute atomic E-state index is 0.162. The normalized spacial score (nSPS) is 10.8. The Balaban J connectivity index is 2.75. The molecule has 0 atom stereocenters. The fourth-order valence-corrected chi connectivity index (χ4v) is 1.80. The van der Waals surface area contributed by atoms with Crippen LogP contribution in [0.5, 0.6) is 0 Å². The molecule has 0 aromatic carbocycles. The zero-order chi connectivity index (χ0) is 13.5. The van der Waals surface area contributed by atoms with E-state index in [1.54, 1.807) is 6.92 Å². The molecule has 0 aliphatic rings. The van der Waals surface area contributed by atoms with Crippen LogP contribution in [0.1, 0.15) is 32.6 Å². The fourth-order valence-electron chi connectivity index (χ4n) is 1.80. The SMILES string of the molecule is CCn1c(=O)c(F)cn(CCCCCCO)c1=O. The summed E-state index contributed by atoms with van der Waals surface area (Å²) >= 11 is 0. The first-order chi connectivity index (χ1) is 8.61. The van der Waals surface area contributed by atoms with E-state index in [0.717, 1.165) is 36.4 Å². The maximum atomic E-state index is 13.3. The van der Waals surface area contributed by atoms with Crippen molar-refractivity contribution < 1.29 is 9.50 Å². The highest BCUT2D eigenvalue weighted by Gasteiger charge is 2.09. The van der Waals surface area contributed by atoms with Gasteiger partial charge in [-0.1, -0.05) is 12.8 Å². The van der Waals surface area contributed by atoms with Gasteiger partial charge < -0.3 is 5.11 Å². The monoisotopic (exact) mass is 258 g/mol. The lowest BCUT2D eigenvalue weighted by molar-refractivity contribution is 0.282. The van der Waals surface area contributed by atoms with Crippen molar-refractivity contribution in [2.24, 2.45) is 0 Å². The molecule has 0 spiro atoms. The van der Waals surface area contributed by atoms with E-state index < -0.39 is 17.1 Å². The van der Waals surface area contributed by atoms with Gasteiger partial charge in [0.1, 0.15) is 0 Å². The minimum Gasteiger partial charge on any atom is -0.396 e. The summed E-state index contributed by atoms with van der Waals surface area (Å²) in [6.07, 6.45) is 4.17. The van der Waals surface area contributed by atoms with Gasteiger partial charge in [0.05, 0.1) is 6.20 Å². The lowest BCUT2D eigenvalue weighted by Crippen LogP contribution is -2.40. The molecule has 102 valence electrons. The molecule has 5 nitrogen and oxygen atoms in total. The molecule has 18 heavy (non-hydrogen) atoms. The molecule has 1 N–H and O–H groups in total. The van der Waals surface area contributed by atoms with Crippen molar-refractivity contribution >= 4 is 0 Å². The van der Waals surface area contributed by atoms with Crippen LogP contribution in [0.4, 0.5) is 4.39 Å². The van der Waals surface area contributed by atoms with E-state index in [-0.39, 0.29) is 13.2 Å². The second-order valence-electron chi connectivity index (χ2n) is 4.14. The highest BCUT2D eigenvalue weighted by molar-refractivity contribution is 4.90. The second kappa shape index (κ2) is 7.10. The molecule has 0 aliphatic heterocycles. The van der Waals surface area contributed by atoms with Gasteiger partial charge in [-0.15, -0.1) is 0 Å². The van der Waals surface area contributed by atoms with Crippen LogP contribution in [0.15, 0.2) is 15.8 Å². The van der Waals surface area contributed by atoms with Crippen molar-refractivity contribution in [3.8, 4) is 0 Å². The lowest BCUT2D eigenvalue weighted by Gasteiger charge is -2.08. The lowest BCUT2D eigenvalue weighted by atomic mass is 10.2. The number of hydrogen-bond acceptors (Lipinski definition) is 3. The van der Waals surface area contributed by atoms with Crippen LogP contribution in [-0.2, 0) is 13.1 Å². The van der Waals surface area contributed by atoms with Gasteiger partial charge in [-0.05, 0) is 19.8 Å². The average Bonchev–Trinajstić information content (AvgIpc) is 2.36. The summed E-state index contributed by atoms with van der Waals surface area (Å²) in [5.74, 6) is -0.896. The first-order valence-electron chi connectivity index (χ1n) is 6.22. The third kappa shape index (κ3) is 3.53. The summed E-state index contributed by atoms with van der Waals surface area (Å²) < 4.78 is 15.4. The molecular formula is C12H19FN2O3. The van der Waals surface area contributed by atoms with Crippen molar-refractivity contribution in [2.45, 2.75) is 45.7 Å². The Bertz CT molecular complexity index is 493. The molecule has 1 rings (SSSR count). The Labute approximate surface area is 104 Å². The molecule has 0 amide bonds. The standard InChI is InChI=1S/C12H19FN2O3/c1-2-15-11(17)10(13)9-14(12(15)18)7-5-3-4-6-8-16/h9,16H,2-8H2,1H3. The average molecular weight is 258 g/mol. The van der Waals surface area contributed by atoms with E-state index in [1.165, 1.54) is 4.57 Å². The summed E-state index contributed by atoms with van der Waals surface area (Å²) in [7, 11) is 0. The van der Waals surface area contributed by atoms with E-state index in [0.29, 0.717) is 6.54 Å². The maximum absolute atomic E-state index is 13.3. The van der Waals surface area contributed by atoms with Gasteiger partial charge in [-0.25, -0.2) is 4.79 Å². The Morgan fingerprint density at radius 3 is 2.50 bits per heavy atom. The molecular weight excluding hydrogens is 239 g/mol. The van der Waals surface area contributed by atoms with E-state index >= 15 is 0 Å². The molecule has 0 fully saturated rings. The number of nitrogens with zero attached hydrogens (tertiary/aromatic N) is 2. The van der Waals surface area contributed by atoms with Gasteiger partial charge in [0, 0.05) is 19.7 Å². The first-order valence-corrected chi connectivity index (χ1v) is 6.22. The quantitative estimate of drug-likeness (QED) is 0.733. The zero-order valence-corrected chi connectivity index (χ0v) is 10.6. The van der Waals surface area contributed by atoms with Crippen LogP contribution in [-0.4, -0.2) is 20.8 Å². The van der Waals surface area contributed by atoms with Gasteiger partial charge in [-0.2, -0.15) is 4.39 Å². The Morgan fingerprint density at radius 1 is 1.22 bits per heavy atom. The smallest absolute Gasteiger partial charge is 0.331 e. The molecule has 0 radical (unpaired) electrons. The van der Waals surface area contributed by atoms with Crippen LogP contribution >= 0.6 is 0 Å². The Hall–Kier alpha value is -1.43. The summed E-state index contributed by atoms with van der Waals surface area (Å²) in [5.41, 5.74) is -1.33. The van der Waals surface area contributed by atoms with Crippen molar-refractivity contribution in [3.63, 3.8) is 0 Å². The van der Waals surface area contributed by atoms with E-state index in [9.17, 15) is 14.0 Å². The molecule has 1 aromatic rings. The summed E-state index contributed by atoms with van der Waals surface area (Å²) in [6.45, 7) is 2.35. The number of aryl methyl sites for hydroxylation is 1. The van der Waals surface area contributed by atoms with Crippen molar-refractivity contribution in [3.05, 3.63) is 32.9 Å². The number of aliphatic hydroxyl groups is 1. The minimum atomic E-state index is -0.896. The van der Waals surface area contributed by atoms with E-state index in [4.69, 9.17) is 5.11 Å². The van der Waals surface area contributed by atoms with Crippen LogP contribution in [0.3, 0.4) is 0 Å². The summed E-state index contributed by atoms with van der Waals surface area (Å²) in [6, 6.07) is 0. The maximum Gasteiger partial charge on any atom is 0.331 e. The molecule has 6 heteroatoms. The Kier molecular flexibility index (Phi) is 5.77. The molecule has 0 saturated carbocycles. The van der Waals surface area contributed by atoms with Crippen molar-refractivity contribution in [1.29, 1.82) is 0 Å². The van der Waals surface area contributed by atoms with Crippen LogP contribution in [0.25, 0.3) is 0 Å². The third-order valence-electron chi connectivity index (χ3n) is 2.82. The number of unbranched alkanes of at least 4 members (excludes halogenated alkanes) is 3. The fraction of sp³-hybridized carbons (Fsp3) is 0.667. The van der Waals surface area contributed by atoms with Crippen molar-refractivity contribution in [2.75, 3.05) is 6.61 Å². The zero-order valence-electron chi connectivity index (χ0n) is 10.6. The number of halogens is 1. The van der Waals surface area contributed by atoms with Crippen LogP contribution < -0.4 is 11.2 Å². The largest absolute Gasteiger partial charge is 0.396 e. The molecule has 0 aliphatic carbocycles. The number of rotatable bonds is 7. The van der Waals surface area contributed by atoms with Crippen LogP contribution in [0, 0.1) is 5.82 Å². The van der Waals surface area contributed by atoms with E-state index in [1.807, 2.05) is 0 Å². The molecule has 0 saturated heterocycles. The Morgan fingerprint density at radius 2 is 1.89 bits per heavy atom. The predicted molar refractivity (Wildman–Crippen MR) is 66.1 cm³/mol. The molecule has 0 unspecified atom stereocenters. The molecule has 1 heterocycles. The number of aliphatic hydroxyl groups excluding tert-OH is 1. The van der Waals surface area contributed by atoms with Crippen LogP contribution in [0.2, 0.25) is 0 Å². The predicted octanol–water partition coefficient (Wildman–Crippen LogP) is 0.722. The first kappa shape index (κ1) is 14.6. The third-order valence-corrected chi connectivity index (χ3v) is 2.82. The second-order valence-corrected chi connectivity index (χ2v) is 4.14. The van der Waals surface area contributed by atoms with Crippen molar-refractivity contribution in [1.82, 2.24) is 9.13 Å². The van der Waals surface area contributed by atoms with Gasteiger partial charge in [0.15, 0.2) is 0 Å². The topological polar surface area (TPSA) is 64.2 Å². The van der Waals surface area contributed by atoms with E-state index in [2.05, 4.69) is 0 Å². The van der Waals surface area contributed by atoms with Gasteiger partial charge in [-0.3, -0.25) is 13.9 Å². The summed E-state index contributed by atoms with van der Waals surface area (Å²) in [5, 5.41) is 8.62. The highest BCUT2D eigenvalue weighted by Crippen LogP contribution is 2.00. The van der Waals surface area contributed by atoms with Gasteiger partial charge in [0.25, 0.3) is 5.56 Å². The number of hydrogen-bond donors (Lipinski definition) is 1. The summed E-state index contributed by atoms with van der Waals surface area (Å²) in [4.78, 5) is 23.1. The van der Waals surface area contributed by atoms with Gasteiger partial charge in [0.2, 0.25) is 5.82 Å². The molecule has 0 bridgehead atoms. The van der Waals surface area contributed by atoms with Gasteiger partial charge >= 0.3 is 5.69 Å². The number of aromatic nitrogens is 2.